The van der Waals surface area contributed by atoms with Crippen LogP contribution in [0.1, 0.15) is 22.3 Å². The molecule has 0 aliphatic carbocycles. The number of hydrogen-bond acceptors (Lipinski definition) is 4. The van der Waals surface area contributed by atoms with E-state index < -0.39 is 5.91 Å². The maximum atomic E-state index is 11.9. The molecule has 25 heavy (non-hydrogen) atoms. The summed E-state index contributed by atoms with van der Waals surface area (Å²) in [5.41, 5.74) is 2.11. The number of carbonyl (C=O) groups excluding carboxylic acids is 3. The van der Waals surface area contributed by atoms with Crippen molar-refractivity contribution in [1.82, 2.24) is 15.6 Å². The van der Waals surface area contributed by atoms with E-state index in [0.717, 1.165) is 5.56 Å². The first kappa shape index (κ1) is 18.1. The normalized spacial score (nSPS) is 9.96. The highest BCUT2D eigenvalue weighted by atomic mass is 16.2. The Hall–Kier alpha value is -3.22. The Balaban J connectivity index is 1.66. The molecule has 3 N–H and O–H groups in total. The molecule has 0 atom stereocenters. The second kappa shape index (κ2) is 9.17. The highest BCUT2D eigenvalue weighted by Gasteiger charge is 2.10. The van der Waals surface area contributed by atoms with Crippen LogP contribution in [0.25, 0.3) is 0 Å². The molecule has 7 nitrogen and oxygen atoms in total. The lowest BCUT2D eigenvalue weighted by Gasteiger charge is -2.09. The van der Waals surface area contributed by atoms with Crippen LogP contribution in [0.5, 0.6) is 0 Å². The van der Waals surface area contributed by atoms with Gasteiger partial charge in [-0.2, -0.15) is 0 Å². The molecule has 0 bridgehead atoms. The molecule has 0 aliphatic rings. The van der Waals surface area contributed by atoms with E-state index in [1.807, 2.05) is 25.1 Å². The van der Waals surface area contributed by atoms with Crippen LogP contribution in [0.2, 0.25) is 0 Å². The molecular formula is C18H20N4O3. The SMILES string of the molecule is Cc1ccccc1NC(=O)CC(=O)NCCNC(=O)c1ccncc1. The molecule has 1 aromatic carbocycles. The number of anilines is 1. The number of benzene rings is 1. The van der Waals surface area contributed by atoms with Gasteiger partial charge in [-0.1, -0.05) is 18.2 Å². The van der Waals surface area contributed by atoms with Crippen LogP contribution < -0.4 is 16.0 Å². The van der Waals surface area contributed by atoms with Crippen LogP contribution in [0.3, 0.4) is 0 Å². The molecule has 0 saturated heterocycles. The summed E-state index contributed by atoms with van der Waals surface area (Å²) < 4.78 is 0. The molecule has 130 valence electrons. The second-order valence-electron chi connectivity index (χ2n) is 5.38. The van der Waals surface area contributed by atoms with E-state index in [1.165, 1.54) is 12.4 Å². The van der Waals surface area contributed by atoms with Crippen molar-refractivity contribution in [3.63, 3.8) is 0 Å². The summed E-state index contributed by atoms with van der Waals surface area (Å²) in [5, 5.41) is 7.96. The van der Waals surface area contributed by atoms with Gasteiger partial charge in [-0.3, -0.25) is 19.4 Å². The van der Waals surface area contributed by atoms with Crippen LogP contribution in [0.15, 0.2) is 48.8 Å². The molecule has 0 radical (unpaired) electrons. The molecule has 2 aromatic rings. The van der Waals surface area contributed by atoms with Crippen molar-refractivity contribution in [2.75, 3.05) is 18.4 Å². The fraction of sp³-hybridized carbons (Fsp3) is 0.222. The zero-order chi connectivity index (χ0) is 18.1. The van der Waals surface area contributed by atoms with Gasteiger partial charge in [0.1, 0.15) is 6.42 Å². The summed E-state index contributed by atoms with van der Waals surface area (Å²) in [6, 6.07) is 10.5. The minimum Gasteiger partial charge on any atom is -0.354 e. The van der Waals surface area contributed by atoms with Crippen molar-refractivity contribution in [2.45, 2.75) is 13.3 Å². The molecule has 1 aromatic heterocycles. The topological polar surface area (TPSA) is 100 Å². The average molecular weight is 340 g/mol. The lowest BCUT2D eigenvalue weighted by atomic mass is 10.2. The number of amides is 3. The van der Waals surface area contributed by atoms with E-state index in [2.05, 4.69) is 20.9 Å². The Kier molecular flexibility index (Phi) is 6.65. The summed E-state index contributed by atoms with van der Waals surface area (Å²) in [7, 11) is 0. The Bertz CT molecular complexity index is 747. The number of rotatable bonds is 7. The summed E-state index contributed by atoms with van der Waals surface area (Å²) >= 11 is 0. The van der Waals surface area contributed by atoms with Gasteiger partial charge in [-0.25, -0.2) is 0 Å². The first-order chi connectivity index (χ1) is 12.1. The van der Waals surface area contributed by atoms with Crippen molar-refractivity contribution in [3.05, 3.63) is 59.9 Å². The van der Waals surface area contributed by atoms with Crippen molar-refractivity contribution in [2.24, 2.45) is 0 Å². The molecule has 1 heterocycles. The van der Waals surface area contributed by atoms with E-state index in [1.54, 1.807) is 18.2 Å². The zero-order valence-electron chi connectivity index (χ0n) is 13.9. The highest BCUT2D eigenvalue weighted by molar-refractivity contribution is 6.03. The molecule has 3 amide bonds. The van der Waals surface area contributed by atoms with Gasteiger partial charge >= 0.3 is 0 Å². The number of nitrogens with zero attached hydrogens (tertiary/aromatic N) is 1. The number of aromatic nitrogens is 1. The lowest BCUT2D eigenvalue weighted by molar-refractivity contribution is -0.126. The fourth-order valence-corrected chi connectivity index (χ4v) is 2.10. The Morgan fingerprint density at radius 3 is 2.32 bits per heavy atom. The number of hydrogen-bond donors (Lipinski definition) is 3. The summed E-state index contributed by atoms with van der Waals surface area (Å²) in [6.07, 6.45) is 2.79. The van der Waals surface area contributed by atoms with Crippen molar-refractivity contribution >= 4 is 23.4 Å². The minimum absolute atomic E-state index is 0.242. The molecule has 0 saturated carbocycles. The van der Waals surface area contributed by atoms with Crippen LogP contribution in [0, 0.1) is 6.92 Å². The molecule has 0 unspecified atom stereocenters. The van der Waals surface area contributed by atoms with E-state index in [0.29, 0.717) is 11.3 Å². The lowest BCUT2D eigenvalue weighted by Crippen LogP contribution is -2.36. The quantitative estimate of drug-likeness (QED) is 0.522. The van der Waals surface area contributed by atoms with Crippen LogP contribution in [0.4, 0.5) is 5.69 Å². The monoisotopic (exact) mass is 340 g/mol. The van der Waals surface area contributed by atoms with Crippen molar-refractivity contribution in [3.8, 4) is 0 Å². The molecular weight excluding hydrogens is 320 g/mol. The molecule has 0 spiro atoms. The van der Waals surface area contributed by atoms with Gasteiger partial charge in [0.25, 0.3) is 5.91 Å². The largest absolute Gasteiger partial charge is 0.354 e. The predicted octanol–water partition coefficient (Wildman–Crippen LogP) is 1.26. The summed E-state index contributed by atoms with van der Waals surface area (Å²) in [5.74, 6) is -1.02. The number of para-hydroxylation sites is 1. The summed E-state index contributed by atoms with van der Waals surface area (Å²) in [4.78, 5) is 39.2. The highest BCUT2D eigenvalue weighted by Crippen LogP contribution is 2.13. The average Bonchev–Trinajstić information content (AvgIpc) is 2.61. The van der Waals surface area contributed by atoms with Gasteiger partial charge < -0.3 is 16.0 Å². The van der Waals surface area contributed by atoms with Crippen molar-refractivity contribution in [1.29, 1.82) is 0 Å². The first-order valence-corrected chi connectivity index (χ1v) is 7.86. The predicted molar refractivity (Wildman–Crippen MR) is 94.0 cm³/mol. The van der Waals surface area contributed by atoms with Crippen molar-refractivity contribution < 1.29 is 14.4 Å². The van der Waals surface area contributed by atoms with Gasteiger partial charge in [0.2, 0.25) is 11.8 Å². The van der Waals surface area contributed by atoms with Gasteiger partial charge in [0.15, 0.2) is 0 Å². The minimum atomic E-state index is -0.399. The van der Waals surface area contributed by atoms with Gasteiger partial charge in [0.05, 0.1) is 0 Å². The Morgan fingerprint density at radius 2 is 1.60 bits per heavy atom. The molecule has 2 rings (SSSR count). The third kappa shape index (κ3) is 6.06. The van der Waals surface area contributed by atoms with Crippen LogP contribution in [-0.4, -0.2) is 35.8 Å². The van der Waals surface area contributed by atoms with Gasteiger partial charge in [0, 0.05) is 36.7 Å². The number of aryl methyl sites for hydroxylation is 1. The number of carbonyl (C=O) groups is 3. The maximum absolute atomic E-state index is 11.9. The zero-order valence-corrected chi connectivity index (χ0v) is 13.9. The fourth-order valence-electron chi connectivity index (χ4n) is 2.10. The third-order valence-electron chi connectivity index (χ3n) is 3.42. The third-order valence-corrected chi connectivity index (χ3v) is 3.42. The van der Waals surface area contributed by atoms with Crippen LogP contribution in [-0.2, 0) is 9.59 Å². The maximum Gasteiger partial charge on any atom is 0.251 e. The number of pyridine rings is 1. The van der Waals surface area contributed by atoms with Gasteiger partial charge in [-0.15, -0.1) is 0 Å². The first-order valence-electron chi connectivity index (χ1n) is 7.86. The summed E-state index contributed by atoms with van der Waals surface area (Å²) in [6.45, 7) is 2.39. The number of nitrogens with one attached hydrogen (secondary N) is 3. The second-order valence-corrected chi connectivity index (χ2v) is 5.38. The molecule has 0 fully saturated rings. The van der Waals surface area contributed by atoms with Gasteiger partial charge in [-0.05, 0) is 30.7 Å². The van der Waals surface area contributed by atoms with E-state index in [-0.39, 0.29) is 31.3 Å². The molecule has 7 heteroatoms. The standard InChI is InChI=1S/C18H20N4O3/c1-13-4-2-3-5-15(13)22-17(24)12-16(23)20-10-11-21-18(25)14-6-8-19-9-7-14/h2-9H,10-12H2,1H3,(H,20,23)(H,21,25)(H,22,24). The van der Waals surface area contributed by atoms with Crippen LogP contribution >= 0.6 is 0 Å². The smallest absolute Gasteiger partial charge is 0.251 e. The Labute approximate surface area is 145 Å². The Morgan fingerprint density at radius 1 is 0.920 bits per heavy atom. The van der Waals surface area contributed by atoms with E-state index >= 15 is 0 Å². The van der Waals surface area contributed by atoms with E-state index in [4.69, 9.17) is 0 Å². The molecule has 0 aliphatic heterocycles. The van der Waals surface area contributed by atoms with E-state index in [9.17, 15) is 14.4 Å².